The molecule has 0 aliphatic heterocycles. The molecule has 0 unspecified atom stereocenters. The van der Waals surface area contributed by atoms with E-state index in [0.29, 0.717) is 23.2 Å². The van der Waals surface area contributed by atoms with Crippen LogP contribution in [0.1, 0.15) is 38.7 Å². The smallest absolute Gasteiger partial charge is 0.127 e. The molecular weight excluding hydrogens is 270 g/mol. The summed E-state index contributed by atoms with van der Waals surface area (Å²) in [6.07, 6.45) is 2.98. The Kier molecular flexibility index (Phi) is 6.45. The molecule has 0 nitrogen and oxygen atoms in total. The zero-order chi connectivity index (χ0) is 13.6. The average molecular weight is 291 g/mol. The molecule has 1 rings (SSSR count). The van der Waals surface area contributed by atoms with Crippen molar-refractivity contribution in [1.29, 1.82) is 0 Å². The number of hydrogen-bond donors (Lipinski definition) is 0. The number of hydrogen-bond acceptors (Lipinski definition) is 0. The first-order chi connectivity index (χ1) is 8.63. The van der Waals surface area contributed by atoms with Crippen molar-refractivity contribution >= 4 is 23.2 Å². The van der Waals surface area contributed by atoms with Crippen LogP contribution < -0.4 is 0 Å². The van der Waals surface area contributed by atoms with Crippen LogP contribution in [0.5, 0.6) is 0 Å². The van der Waals surface area contributed by atoms with Crippen molar-refractivity contribution in [2.45, 2.75) is 38.5 Å². The van der Waals surface area contributed by atoms with Gasteiger partial charge in [0.15, 0.2) is 0 Å². The summed E-state index contributed by atoms with van der Waals surface area (Å²) >= 11 is 12.3. The van der Waals surface area contributed by atoms with Gasteiger partial charge in [-0.15, -0.1) is 23.2 Å². The summed E-state index contributed by atoms with van der Waals surface area (Å²) in [5, 5.41) is 0. The molecule has 0 saturated carbocycles. The minimum absolute atomic E-state index is 0.204. The Hall–Kier alpha value is -0.270. The summed E-state index contributed by atoms with van der Waals surface area (Å²) in [7, 11) is 0. The second-order valence-corrected chi connectivity index (χ2v) is 5.45. The van der Waals surface area contributed by atoms with E-state index in [1.807, 2.05) is 12.1 Å². The molecule has 3 heteroatoms. The van der Waals surface area contributed by atoms with E-state index in [1.54, 1.807) is 6.07 Å². The first kappa shape index (κ1) is 15.8. The van der Waals surface area contributed by atoms with Gasteiger partial charge in [-0.1, -0.05) is 44.9 Å². The molecule has 1 aromatic rings. The summed E-state index contributed by atoms with van der Waals surface area (Å²) in [6.45, 7) is 4.31. The van der Waals surface area contributed by atoms with Crippen LogP contribution in [0.25, 0.3) is 0 Å². The summed E-state index contributed by atoms with van der Waals surface area (Å²) in [4.78, 5) is 0. The fraction of sp³-hybridized carbons (Fsp3) is 0.600. The average Bonchev–Trinajstić information content (AvgIpc) is 2.42. The van der Waals surface area contributed by atoms with Crippen LogP contribution >= 0.6 is 23.2 Å². The number of halogens is 3. The van der Waals surface area contributed by atoms with Gasteiger partial charge in [-0.25, -0.2) is 4.39 Å². The lowest BCUT2D eigenvalue weighted by atomic mass is 9.75. The summed E-state index contributed by atoms with van der Waals surface area (Å²) in [5.41, 5.74) is 0.201. The van der Waals surface area contributed by atoms with Gasteiger partial charge in [-0.2, -0.15) is 0 Å². The topological polar surface area (TPSA) is 0 Å². The third-order valence-electron chi connectivity index (χ3n) is 3.79. The van der Waals surface area contributed by atoms with Gasteiger partial charge in [0.25, 0.3) is 0 Å². The maximum atomic E-state index is 14.0. The molecule has 0 bridgehead atoms. The zero-order valence-corrected chi connectivity index (χ0v) is 12.6. The van der Waals surface area contributed by atoms with Gasteiger partial charge < -0.3 is 0 Å². The third kappa shape index (κ3) is 3.39. The summed E-state index contributed by atoms with van der Waals surface area (Å²) < 4.78 is 14.0. The van der Waals surface area contributed by atoms with Gasteiger partial charge >= 0.3 is 0 Å². The van der Waals surface area contributed by atoms with Crippen LogP contribution in [-0.2, 0) is 5.41 Å². The minimum Gasteiger partial charge on any atom is -0.207 e. The molecule has 1 aromatic carbocycles. The van der Waals surface area contributed by atoms with E-state index in [4.69, 9.17) is 23.2 Å². The molecule has 0 N–H and O–H groups in total. The lowest BCUT2D eigenvalue weighted by Gasteiger charge is -2.33. The third-order valence-corrected chi connectivity index (χ3v) is 4.81. The Morgan fingerprint density at radius 2 is 1.67 bits per heavy atom. The fourth-order valence-corrected chi connectivity index (χ4v) is 3.21. The van der Waals surface area contributed by atoms with Crippen LogP contribution in [-0.4, -0.2) is 11.8 Å². The minimum atomic E-state index is -0.453. The highest BCUT2D eigenvalue weighted by atomic mass is 35.5. The van der Waals surface area contributed by atoms with E-state index < -0.39 is 5.41 Å². The highest BCUT2D eigenvalue weighted by molar-refractivity contribution is 6.22. The maximum absolute atomic E-state index is 14.0. The molecule has 0 heterocycles. The number of benzene rings is 1. The Labute approximate surface area is 119 Å². The largest absolute Gasteiger partial charge is 0.207 e. The number of alkyl halides is 2. The normalized spacial score (nSPS) is 12.1. The van der Waals surface area contributed by atoms with Crippen LogP contribution in [0.2, 0.25) is 0 Å². The first-order valence-electron chi connectivity index (χ1n) is 6.50. The predicted molar refractivity (Wildman–Crippen MR) is 78.2 cm³/mol. The molecule has 0 amide bonds. The molecule has 0 spiro atoms. The zero-order valence-electron chi connectivity index (χ0n) is 11.1. The maximum Gasteiger partial charge on any atom is 0.127 e. The van der Waals surface area contributed by atoms with Crippen LogP contribution in [0, 0.1) is 11.7 Å². The second kappa shape index (κ2) is 7.35. The van der Waals surface area contributed by atoms with Crippen molar-refractivity contribution in [2.24, 2.45) is 5.92 Å². The lowest BCUT2D eigenvalue weighted by molar-refractivity contribution is 0.341. The monoisotopic (exact) mass is 290 g/mol. The van der Waals surface area contributed by atoms with Gasteiger partial charge in [-0.3, -0.25) is 0 Å². The van der Waals surface area contributed by atoms with Crippen LogP contribution in [0.4, 0.5) is 4.39 Å². The molecule has 0 radical (unpaired) electrons. The molecule has 0 aliphatic rings. The molecule has 18 heavy (non-hydrogen) atoms. The Morgan fingerprint density at radius 3 is 2.11 bits per heavy atom. The van der Waals surface area contributed by atoms with Crippen molar-refractivity contribution in [3.8, 4) is 0 Å². The Bertz CT molecular complexity index is 357. The van der Waals surface area contributed by atoms with E-state index in [0.717, 1.165) is 19.3 Å². The molecule has 0 atom stereocenters. The highest BCUT2D eigenvalue weighted by Crippen LogP contribution is 2.37. The number of rotatable bonds is 7. The molecule has 102 valence electrons. The Balaban J connectivity index is 3.10. The van der Waals surface area contributed by atoms with E-state index in [-0.39, 0.29) is 5.82 Å². The summed E-state index contributed by atoms with van der Waals surface area (Å²) in [5.74, 6) is 1.04. The highest BCUT2D eigenvalue weighted by Gasteiger charge is 2.34. The van der Waals surface area contributed by atoms with Gasteiger partial charge in [0.2, 0.25) is 0 Å². The van der Waals surface area contributed by atoms with Crippen molar-refractivity contribution in [3.05, 3.63) is 35.6 Å². The van der Waals surface area contributed by atoms with Crippen LogP contribution in [0.3, 0.4) is 0 Å². The van der Waals surface area contributed by atoms with Gasteiger partial charge in [0.05, 0.1) is 0 Å². The van der Waals surface area contributed by atoms with Crippen LogP contribution in [0.15, 0.2) is 24.3 Å². The molecule has 0 saturated heterocycles. The quantitative estimate of drug-likeness (QED) is 0.593. The Morgan fingerprint density at radius 1 is 1.11 bits per heavy atom. The molecule has 0 aromatic heterocycles. The van der Waals surface area contributed by atoms with Crippen molar-refractivity contribution in [2.75, 3.05) is 11.8 Å². The van der Waals surface area contributed by atoms with Gasteiger partial charge in [-0.05, 0) is 24.0 Å². The molecule has 0 aliphatic carbocycles. The predicted octanol–water partition coefficient (Wildman–Crippen LogP) is 5.37. The standard InChI is InChI=1S/C15H21Cl2F/c1-3-12(4-2)9-15(10-16,11-17)13-7-5-6-8-14(13)18/h5-8,12H,3-4,9-11H2,1-2H3. The van der Waals surface area contributed by atoms with E-state index in [1.165, 1.54) is 6.07 Å². The van der Waals surface area contributed by atoms with Gasteiger partial charge in [0, 0.05) is 17.2 Å². The second-order valence-electron chi connectivity index (χ2n) is 4.91. The van der Waals surface area contributed by atoms with E-state index in [9.17, 15) is 4.39 Å². The van der Waals surface area contributed by atoms with E-state index in [2.05, 4.69) is 13.8 Å². The SMILES string of the molecule is CCC(CC)CC(CCl)(CCl)c1ccccc1F. The van der Waals surface area contributed by atoms with Gasteiger partial charge in [0.1, 0.15) is 5.82 Å². The summed E-state index contributed by atoms with van der Waals surface area (Å²) in [6, 6.07) is 6.83. The van der Waals surface area contributed by atoms with Crippen molar-refractivity contribution in [1.82, 2.24) is 0 Å². The van der Waals surface area contributed by atoms with Crippen molar-refractivity contribution in [3.63, 3.8) is 0 Å². The van der Waals surface area contributed by atoms with Crippen molar-refractivity contribution < 1.29 is 4.39 Å². The molecule has 0 fully saturated rings. The lowest BCUT2D eigenvalue weighted by Crippen LogP contribution is -2.34. The first-order valence-corrected chi connectivity index (χ1v) is 7.57. The van der Waals surface area contributed by atoms with E-state index >= 15 is 0 Å². The fourth-order valence-electron chi connectivity index (χ4n) is 2.42. The molecular formula is C15H21Cl2F.